The molecular formula is C11H11NO2S. The van der Waals surface area contributed by atoms with Crippen LogP contribution >= 0.6 is 0 Å². The Morgan fingerprint density at radius 1 is 1.33 bits per heavy atom. The molecule has 0 aliphatic heterocycles. The summed E-state index contributed by atoms with van der Waals surface area (Å²) in [4.78, 5) is 14.9. The van der Waals surface area contributed by atoms with Crippen molar-refractivity contribution in [1.29, 1.82) is 0 Å². The number of hydrogen-bond donors (Lipinski definition) is 1. The van der Waals surface area contributed by atoms with Gasteiger partial charge in [-0.3, -0.25) is 9.00 Å². The van der Waals surface area contributed by atoms with Gasteiger partial charge < -0.3 is 4.98 Å². The van der Waals surface area contributed by atoms with Gasteiger partial charge in [0.25, 0.3) is 0 Å². The zero-order valence-electron chi connectivity index (χ0n) is 8.53. The summed E-state index contributed by atoms with van der Waals surface area (Å²) < 4.78 is 11.3. The normalized spacial score (nSPS) is 12.9. The van der Waals surface area contributed by atoms with E-state index < -0.39 is 10.8 Å². The van der Waals surface area contributed by atoms with Gasteiger partial charge in [0, 0.05) is 39.8 Å². The fraction of sp³-hybridized carbons (Fsp3) is 0.182. The highest BCUT2D eigenvalue weighted by Crippen LogP contribution is 2.19. The number of aromatic amines is 1. The number of nitrogens with one attached hydrogen (secondary N) is 1. The maximum atomic E-state index is 11.3. The zero-order valence-corrected chi connectivity index (χ0v) is 9.35. The van der Waals surface area contributed by atoms with E-state index in [1.54, 1.807) is 18.4 Å². The van der Waals surface area contributed by atoms with Crippen molar-refractivity contribution in [3.8, 4) is 0 Å². The van der Waals surface area contributed by atoms with Crippen molar-refractivity contribution >= 4 is 27.5 Å². The summed E-state index contributed by atoms with van der Waals surface area (Å²) in [7, 11) is -0.985. The van der Waals surface area contributed by atoms with Crippen LogP contribution in [-0.4, -0.2) is 21.2 Å². The Bertz CT molecular complexity index is 545. The number of hydrogen-bond acceptors (Lipinski definition) is 2. The van der Waals surface area contributed by atoms with E-state index in [0.29, 0.717) is 5.69 Å². The maximum absolute atomic E-state index is 11.3. The van der Waals surface area contributed by atoms with Gasteiger partial charge in [0.2, 0.25) is 0 Å². The Morgan fingerprint density at radius 2 is 2.07 bits per heavy atom. The number of carbonyl (C=O) groups is 1. The Hall–Kier alpha value is -1.42. The van der Waals surface area contributed by atoms with Crippen LogP contribution in [0.5, 0.6) is 0 Å². The molecular weight excluding hydrogens is 210 g/mol. The Labute approximate surface area is 90.0 Å². The SMILES string of the molecule is CC(=O)c1cc2cc(S(C)=O)ccc2[nH]1. The van der Waals surface area contributed by atoms with Gasteiger partial charge in [0.1, 0.15) is 0 Å². The van der Waals surface area contributed by atoms with Crippen molar-refractivity contribution in [2.45, 2.75) is 11.8 Å². The van der Waals surface area contributed by atoms with Gasteiger partial charge in [-0.25, -0.2) is 0 Å². The molecule has 0 aliphatic rings. The summed E-state index contributed by atoms with van der Waals surface area (Å²) in [5.74, 6) is 0.00497. The molecule has 1 N–H and O–H groups in total. The number of fused-ring (bicyclic) bond motifs is 1. The lowest BCUT2D eigenvalue weighted by Gasteiger charge is -1.95. The molecule has 0 amide bonds. The van der Waals surface area contributed by atoms with Gasteiger partial charge in [-0.15, -0.1) is 0 Å². The summed E-state index contributed by atoms with van der Waals surface area (Å²) in [6, 6.07) is 7.28. The molecule has 1 unspecified atom stereocenters. The first-order valence-electron chi connectivity index (χ1n) is 4.55. The highest BCUT2D eigenvalue weighted by molar-refractivity contribution is 7.84. The summed E-state index contributed by atoms with van der Waals surface area (Å²) in [6.07, 6.45) is 1.64. The average Bonchev–Trinajstić information content (AvgIpc) is 2.59. The van der Waals surface area contributed by atoms with Crippen LogP contribution in [0.15, 0.2) is 29.2 Å². The second-order valence-electron chi connectivity index (χ2n) is 3.44. The van der Waals surface area contributed by atoms with Crippen LogP contribution in [0.2, 0.25) is 0 Å². The van der Waals surface area contributed by atoms with Crippen LogP contribution in [-0.2, 0) is 10.8 Å². The van der Waals surface area contributed by atoms with Gasteiger partial charge in [0.05, 0.1) is 5.69 Å². The minimum Gasteiger partial charge on any atom is -0.352 e. The molecule has 1 aromatic carbocycles. The number of aromatic nitrogens is 1. The molecule has 2 rings (SSSR count). The van der Waals surface area contributed by atoms with Crippen molar-refractivity contribution in [2.75, 3.05) is 6.26 Å². The second-order valence-corrected chi connectivity index (χ2v) is 4.82. The highest BCUT2D eigenvalue weighted by atomic mass is 32.2. The number of ketones is 1. The monoisotopic (exact) mass is 221 g/mol. The van der Waals surface area contributed by atoms with Crippen molar-refractivity contribution < 1.29 is 9.00 Å². The van der Waals surface area contributed by atoms with Crippen molar-refractivity contribution in [3.05, 3.63) is 30.0 Å². The number of H-pyrrole nitrogens is 1. The lowest BCUT2D eigenvalue weighted by molar-refractivity contribution is 0.101. The molecule has 0 radical (unpaired) electrons. The molecule has 0 bridgehead atoms. The Morgan fingerprint density at radius 3 is 2.67 bits per heavy atom. The topological polar surface area (TPSA) is 49.9 Å². The molecule has 78 valence electrons. The van der Waals surface area contributed by atoms with Crippen LogP contribution in [0.3, 0.4) is 0 Å². The molecule has 4 heteroatoms. The Kier molecular flexibility index (Phi) is 2.44. The molecule has 3 nitrogen and oxygen atoms in total. The van der Waals surface area contributed by atoms with Crippen LogP contribution in [0.4, 0.5) is 0 Å². The molecule has 0 saturated carbocycles. The number of carbonyl (C=O) groups excluding carboxylic acids is 1. The van der Waals surface area contributed by atoms with E-state index >= 15 is 0 Å². The first kappa shape index (κ1) is 10.1. The van der Waals surface area contributed by atoms with Crippen molar-refractivity contribution in [3.63, 3.8) is 0 Å². The molecule has 15 heavy (non-hydrogen) atoms. The number of rotatable bonds is 2. The minimum absolute atomic E-state index is 0.00497. The number of benzene rings is 1. The van der Waals surface area contributed by atoms with Gasteiger partial charge >= 0.3 is 0 Å². The fourth-order valence-corrected chi connectivity index (χ4v) is 2.03. The van der Waals surface area contributed by atoms with Crippen molar-refractivity contribution in [2.24, 2.45) is 0 Å². The largest absolute Gasteiger partial charge is 0.352 e. The van der Waals surface area contributed by atoms with E-state index in [0.717, 1.165) is 15.8 Å². The van der Waals surface area contributed by atoms with Gasteiger partial charge in [0.15, 0.2) is 5.78 Å². The van der Waals surface area contributed by atoms with E-state index in [9.17, 15) is 9.00 Å². The summed E-state index contributed by atoms with van der Waals surface area (Å²) >= 11 is 0. The van der Waals surface area contributed by atoms with E-state index in [1.807, 2.05) is 12.1 Å². The smallest absolute Gasteiger partial charge is 0.175 e. The fourth-order valence-electron chi connectivity index (χ4n) is 1.48. The molecule has 1 atom stereocenters. The highest BCUT2D eigenvalue weighted by Gasteiger charge is 2.06. The van der Waals surface area contributed by atoms with Crippen LogP contribution in [0.1, 0.15) is 17.4 Å². The van der Waals surface area contributed by atoms with Gasteiger partial charge in [-0.2, -0.15) is 0 Å². The standard InChI is InChI=1S/C11H11NO2S/c1-7(13)11-6-8-5-9(15(2)14)3-4-10(8)12-11/h3-6,12H,1-2H3. The van der Waals surface area contributed by atoms with Gasteiger partial charge in [-0.1, -0.05) is 0 Å². The summed E-state index contributed by atoms with van der Waals surface area (Å²) in [6.45, 7) is 1.52. The van der Waals surface area contributed by atoms with Crippen molar-refractivity contribution in [1.82, 2.24) is 4.98 Å². The molecule has 2 aromatic rings. The molecule has 0 spiro atoms. The molecule has 0 fully saturated rings. The van der Waals surface area contributed by atoms with Crippen LogP contribution in [0, 0.1) is 0 Å². The third-order valence-electron chi connectivity index (χ3n) is 2.30. The van der Waals surface area contributed by atoms with E-state index in [2.05, 4.69) is 4.98 Å². The van der Waals surface area contributed by atoms with Crippen LogP contribution < -0.4 is 0 Å². The van der Waals surface area contributed by atoms with Crippen LogP contribution in [0.25, 0.3) is 10.9 Å². The molecule has 1 aromatic heterocycles. The molecule has 0 aliphatic carbocycles. The zero-order chi connectivity index (χ0) is 11.0. The maximum Gasteiger partial charge on any atom is 0.175 e. The van der Waals surface area contributed by atoms with E-state index in [4.69, 9.17) is 0 Å². The lowest BCUT2D eigenvalue weighted by Crippen LogP contribution is -1.89. The minimum atomic E-state index is -0.985. The third kappa shape index (κ3) is 1.85. The Balaban J connectivity index is 2.62. The van der Waals surface area contributed by atoms with Gasteiger partial charge in [-0.05, 0) is 24.3 Å². The summed E-state index contributed by atoms with van der Waals surface area (Å²) in [5.41, 5.74) is 1.48. The van der Waals surface area contributed by atoms with E-state index in [-0.39, 0.29) is 5.78 Å². The molecule has 1 heterocycles. The quantitative estimate of drug-likeness (QED) is 0.789. The predicted octanol–water partition coefficient (Wildman–Crippen LogP) is 2.11. The summed E-state index contributed by atoms with van der Waals surface area (Å²) in [5, 5.41) is 0.924. The predicted molar refractivity (Wildman–Crippen MR) is 60.6 cm³/mol. The average molecular weight is 221 g/mol. The van der Waals surface area contributed by atoms with E-state index in [1.165, 1.54) is 6.92 Å². The second kappa shape index (κ2) is 3.62. The molecule has 0 saturated heterocycles. The first-order valence-corrected chi connectivity index (χ1v) is 6.11. The number of Topliss-reactive ketones (excluding diaryl/α,β-unsaturated/α-hetero) is 1. The third-order valence-corrected chi connectivity index (χ3v) is 3.22. The first-order chi connectivity index (χ1) is 7.08. The lowest BCUT2D eigenvalue weighted by atomic mass is 10.2.